The number of hydrogen-bond acceptors (Lipinski definition) is 4. The lowest BCUT2D eigenvalue weighted by molar-refractivity contribution is -0.121. The van der Waals surface area contributed by atoms with Crippen molar-refractivity contribution in [3.8, 4) is 5.75 Å². The number of carbonyl (C=O) groups is 1. The molecular weight excluding hydrogens is 400 g/mol. The van der Waals surface area contributed by atoms with Gasteiger partial charge in [0.2, 0.25) is 15.9 Å². The van der Waals surface area contributed by atoms with E-state index in [1.54, 1.807) is 25.1 Å². The lowest BCUT2D eigenvalue weighted by Crippen LogP contribution is -2.48. The molecule has 30 heavy (non-hydrogen) atoms. The van der Waals surface area contributed by atoms with E-state index in [4.69, 9.17) is 4.74 Å². The first kappa shape index (κ1) is 23.7. The molecule has 2 rings (SSSR count). The molecule has 7 heteroatoms. The zero-order valence-electron chi connectivity index (χ0n) is 18.6. The third-order valence-electron chi connectivity index (χ3n) is 4.74. The Morgan fingerprint density at radius 1 is 1.13 bits per heavy atom. The van der Waals surface area contributed by atoms with E-state index in [1.807, 2.05) is 37.3 Å². The lowest BCUT2D eigenvalue weighted by Gasteiger charge is -2.28. The molecule has 0 spiro atoms. The summed E-state index contributed by atoms with van der Waals surface area (Å²) in [5.74, 6) is 0.344. The Labute approximate surface area is 180 Å². The summed E-state index contributed by atoms with van der Waals surface area (Å²) in [5.41, 5.74) is 2.68. The highest BCUT2D eigenvalue weighted by Gasteiger charge is 2.28. The van der Waals surface area contributed by atoms with Gasteiger partial charge in [0.1, 0.15) is 18.4 Å². The maximum atomic E-state index is 12.6. The van der Waals surface area contributed by atoms with Crippen LogP contribution in [0.3, 0.4) is 0 Å². The second-order valence-corrected chi connectivity index (χ2v) is 10.3. The first-order valence-corrected chi connectivity index (χ1v) is 11.8. The number of sulfonamides is 1. The molecule has 1 amide bonds. The van der Waals surface area contributed by atoms with Gasteiger partial charge in [0.15, 0.2) is 0 Å². The van der Waals surface area contributed by atoms with Crippen LogP contribution in [-0.4, -0.2) is 39.8 Å². The summed E-state index contributed by atoms with van der Waals surface area (Å²) < 4.78 is 31.5. The molecular formula is C23H32N2O4S. The summed E-state index contributed by atoms with van der Waals surface area (Å²) >= 11 is 0. The van der Waals surface area contributed by atoms with Crippen molar-refractivity contribution < 1.29 is 17.9 Å². The van der Waals surface area contributed by atoms with Gasteiger partial charge < -0.3 is 10.1 Å². The maximum absolute atomic E-state index is 12.6. The monoisotopic (exact) mass is 432 g/mol. The van der Waals surface area contributed by atoms with Gasteiger partial charge in [-0.1, -0.05) is 45.0 Å². The standard InChI is InChI=1S/C23H32N2O4S/c1-17-8-7-9-20(16-17)25(30(6,27)28)18(2)22(26)24-14-15-29-21-12-10-19(11-13-21)23(3,4)5/h7-13,16,18H,14-15H2,1-6H3,(H,24,26)/t18-/m0/s1. The maximum Gasteiger partial charge on any atom is 0.243 e. The molecule has 0 aliphatic rings. The van der Waals surface area contributed by atoms with E-state index in [-0.39, 0.29) is 24.5 Å². The molecule has 0 fully saturated rings. The third-order valence-corrected chi connectivity index (χ3v) is 5.98. The molecule has 0 aliphatic heterocycles. The van der Waals surface area contributed by atoms with Crippen LogP contribution >= 0.6 is 0 Å². The Kier molecular flexibility index (Phi) is 7.53. The van der Waals surface area contributed by atoms with Gasteiger partial charge in [0, 0.05) is 0 Å². The van der Waals surface area contributed by atoms with Crippen molar-refractivity contribution in [3.63, 3.8) is 0 Å². The fraction of sp³-hybridized carbons (Fsp3) is 0.435. The molecule has 0 aliphatic carbocycles. The molecule has 0 unspecified atom stereocenters. The average molecular weight is 433 g/mol. The fourth-order valence-corrected chi connectivity index (χ4v) is 4.28. The van der Waals surface area contributed by atoms with Crippen LogP contribution in [0.5, 0.6) is 5.75 Å². The highest BCUT2D eigenvalue weighted by Crippen LogP contribution is 2.24. The minimum absolute atomic E-state index is 0.0748. The Morgan fingerprint density at radius 2 is 1.77 bits per heavy atom. The van der Waals surface area contributed by atoms with Crippen LogP contribution in [0.2, 0.25) is 0 Å². The van der Waals surface area contributed by atoms with Crippen LogP contribution in [0, 0.1) is 6.92 Å². The molecule has 6 nitrogen and oxygen atoms in total. The van der Waals surface area contributed by atoms with E-state index in [1.165, 1.54) is 5.56 Å². The largest absolute Gasteiger partial charge is 0.492 e. The first-order chi connectivity index (χ1) is 13.9. The van der Waals surface area contributed by atoms with Crippen molar-refractivity contribution in [2.45, 2.75) is 46.1 Å². The molecule has 2 aromatic carbocycles. The van der Waals surface area contributed by atoms with Gasteiger partial charge in [-0.25, -0.2) is 8.42 Å². The average Bonchev–Trinajstić information content (AvgIpc) is 2.63. The summed E-state index contributed by atoms with van der Waals surface area (Å²) in [6.45, 7) is 10.5. The van der Waals surface area contributed by atoms with E-state index in [0.29, 0.717) is 5.69 Å². The highest BCUT2D eigenvalue weighted by molar-refractivity contribution is 7.92. The molecule has 0 saturated heterocycles. The lowest BCUT2D eigenvalue weighted by atomic mass is 9.87. The quantitative estimate of drug-likeness (QED) is 0.646. The van der Waals surface area contributed by atoms with E-state index < -0.39 is 16.1 Å². The predicted octanol–water partition coefficient (Wildman–Crippen LogP) is 3.64. The van der Waals surface area contributed by atoms with Crippen LogP contribution in [0.25, 0.3) is 0 Å². The van der Waals surface area contributed by atoms with Crippen LogP contribution < -0.4 is 14.4 Å². The Balaban J connectivity index is 1.94. The zero-order chi connectivity index (χ0) is 22.5. The molecule has 0 aromatic heterocycles. The minimum Gasteiger partial charge on any atom is -0.492 e. The number of nitrogens with one attached hydrogen (secondary N) is 1. The second-order valence-electron chi connectivity index (χ2n) is 8.49. The van der Waals surface area contributed by atoms with E-state index in [9.17, 15) is 13.2 Å². The fourth-order valence-electron chi connectivity index (χ4n) is 3.12. The van der Waals surface area contributed by atoms with Gasteiger partial charge in [-0.2, -0.15) is 0 Å². The number of hydrogen-bond donors (Lipinski definition) is 1. The molecule has 0 heterocycles. The van der Waals surface area contributed by atoms with Gasteiger partial charge in [-0.15, -0.1) is 0 Å². The van der Waals surface area contributed by atoms with Crippen LogP contribution in [0.15, 0.2) is 48.5 Å². The van der Waals surface area contributed by atoms with Gasteiger partial charge >= 0.3 is 0 Å². The van der Waals surface area contributed by atoms with E-state index in [0.717, 1.165) is 21.9 Å². The summed E-state index contributed by atoms with van der Waals surface area (Å²) in [6.07, 6.45) is 1.10. The Bertz CT molecular complexity index is 963. The van der Waals surface area contributed by atoms with Gasteiger partial charge in [-0.05, 0) is 54.7 Å². The number of aryl methyl sites for hydroxylation is 1. The first-order valence-electron chi connectivity index (χ1n) is 9.97. The molecule has 2 aromatic rings. The van der Waals surface area contributed by atoms with Crippen molar-refractivity contribution in [2.75, 3.05) is 23.7 Å². The van der Waals surface area contributed by atoms with Crippen molar-refractivity contribution in [1.82, 2.24) is 5.32 Å². The Morgan fingerprint density at radius 3 is 2.30 bits per heavy atom. The third kappa shape index (κ3) is 6.49. The van der Waals surface area contributed by atoms with Gasteiger partial charge in [0.25, 0.3) is 0 Å². The number of amides is 1. The molecule has 1 atom stereocenters. The highest BCUT2D eigenvalue weighted by atomic mass is 32.2. The summed E-state index contributed by atoms with van der Waals surface area (Å²) in [6, 6.07) is 14.1. The smallest absolute Gasteiger partial charge is 0.243 e. The molecule has 0 saturated carbocycles. The van der Waals surface area contributed by atoms with Crippen LogP contribution in [-0.2, 0) is 20.2 Å². The molecule has 0 radical (unpaired) electrons. The van der Waals surface area contributed by atoms with Crippen molar-refractivity contribution in [2.24, 2.45) is 0 Å². The van der Waals surface area contributed by atoms with E-state index in [2.05, 4.69) is 26.1 Å². The minimum atomic E-state index is -3.63. The van der Waals surface area contributed by atoms with Crippen LogP contribution in [0.1, 0.15) is 38.8 Å². The Hall–Kier alpha value is -2.54. The number of anilines is 1. The van der Waals surface area contributed by atoms with Gasteiger partial charge in [0.05, 0.1) is 18.5 Å². The SMILES string of the molecule is Cc1cccc(N([C@@H](C)C(=O)NCCOc2ccc(C(C)(C)C)cc2)S(C)(=O)=O)c1. The number of ether oxygens (including phenoxy) is 1. The summed E-state index contributed by atoms with van der Waals surface area (Å²) in [4.78, 5) is 12.6. The summed E-state index contributed by atoms with van der Waals surface area (Å²) in [7, 11) is -3.63. The molecule has 1 N–H and O–H groups in total. The predicted molar refractivity (Wildman–Crippen MR) is 122 cm³/mol. The van der Waals surface area contributed by atoms with Crippen molar-refractivity contribution in [3.05, 3.63) is 59.7 Å². The van der Waals surface area contributed by atoms with Crippen molar-refractivity contribution in [1.29, 1.82) is 0 Å². The van der Waals surface area contributed by atoms with Crippen LogP contribution in [0.4, 0.5) is 5.69 Å². The number of nitrogens with zero attached hydrogens (tertiary/aromatic N) is 1. The molecule has 0 bridgehead atoms. The van der Waals surface area contributed by atoms with Gasteiger partial charge in [-0.3, -0.25) is 9.10 Å². The van der Waals surface area contributed by atoms with Crippen molar-refractivity contribution >= 4 is 21.6 Å². The summed E-state index contributed by atoms with van der Waals surface area (Å²) in [5, 5.41) is 2.76. The zero-order valence-corrected chi connectivity index (χ0v) is 19.4. The normalized spacial score (nSPS) is 12.9. The number of rotatable bonds is 8. The van der Waals surface area contributed by atoms with E-state index >= 15 is 0 Å². The molecule has 164 valence electrons. The second kappa shape index (κ2) is 9.51. The number of carbonyl (C=O) groups excluding carboxylic acids is 1. The topological polar surface area (TPSA) is 75.7 Å². The number of benzene rings is 2.